The second-order valence-electron chi connectivity index (χ2n) is 6.65. The molecule has 1 aromatic carbocycles. The van der Waals surface area contributed by atoms with Crippen LogP contribution in [0.2, 0.25) is 0 Å². The highest BCUT2D eigenvalue weighted by atomic mass is 32.2. The zero-order chi connectivity index (χ0) is 15.9. The fourth-order valence-electron chi connectivity index (χ4n) is 3.51. The summed E-state index contributed by atoms with van der Waals surface area (Å²) in [7, 11) is -3.48. The Kier molecular flexibility index (Phi) is 4.36. The van der Waals surface area contributed by atoms with Crippen molar-refractivity contribution in [3.05, 3.63) is 22.8 Å². The standard InChI is InChI=1S/C16H26N2O2S/c1-10-6-11(2)9-18(8-10)21(19,20)16-13(4)7-12(3)15(17)14(16)5/h7,10-11H,6,8-9,17H2,1-5H3. The number of hydrogen-bond acceptors (Lipinski definition) is 3. The summed E-state index contributed by atoms with van der Waals surface area (Å²) in [6.45, 7) is 11.0. The number of nitrogen functional groups attached to an aromatic ring is 1. The molecule has 2 rings (SSSR count). The lowest BCUT2D eigenvalue weighted by Gasteiger charge is -2.34. The van der Waals surface area contributed by atoms with Crippen molar-refractivity contribution in [3.63, 3.8) is 0 Å². The van der Waals surface area contributed by atoms with E-state index >= 15 is 0 Å². The first-order chi connectivity index (χ1) is 9.64. The highest BCUT2D eigenvalue weighted by Crippen LogP contribution is 2.33. The van der Waals surface area contributed by atoms with E-state index in [1.54, 1.807) is 11.2 Å². The Hall–Kier alpha value is -1.07. The molecule has 0 amide bonds. The van der Waals surface area contributed by atoms with Gasteiger partial charge in [0.15, 0.2) is 0 Å². The van der Waals surface area contributed by atoms with E-state index in [2.05, 4.69) is 13.8 Å². The number of nitrogens with zero attached hydrogens (tertiary/aromatic N) is 1. The van der Waals surface area contributed by atoms with Crippen LogP contribution in [0, 0.1) is 32.6 Å². The highest BCUT2D eigenvalue weighted by Gasteiger charge is 2.34. The molecule has 2 unspecified atom stereocenters. The van der Waals surface area contributed by atoms with Crippen LogP contribution in [-0.4, -0.2) is 25.8 Å². The van der Waals surface area contributed by atoms with Crippen molar-refractivity contribution in [2.45, 2.75) is 45.9 Å². The summed E-state index contributed by atoms with van der Waals surface area (Å²) in [6, 6.07) is 1.87. The van der Waals surface area contributed by atoms with Crippen LogP contribution in [0.25, 0.3) is 0 Å². The quantitative estimate of drug-likeness (QED) is 0.854. The monoisotopic (exact) mass is 310 g/mol. The van der Waals surface area contributed by atoms with Crippen LogP contribution < -0.4 is 5.73 Å². The maximum Gasteiger partial charge on any atom is 0.243 e. The van der Waals surface area contributed by atoms with Gasteiger partial charge in [0.25, 0.3) is 0 Å². The number of hydrogen-bond donors (Lipinski definition) is 1. The zero-order valence-electron chi connectivity index (χ0n) is 13.6. The Morgan fingerprint density at radius 1 is 1.10 bits per heavy atom. The van der Waals surface area contributed by atoms with Crippen molar-refractivity contribution in [3.8, 4) is 0 Å². The predicted octanol–water partition coefficient (Wildman–Crippen LogP) is 2.86. The van der Waals surface area contributed by atoms with E-state index in [0.717, 1.165) is 17.5 Å². The molecule has 4 nitrogen and oxygen atoms in total. The molecule has 1 aliphatic rings. The minimum Gasteiger partial charge on any atom is -0.398 e. The minimum atomic E-state index is -3.48. The molecule has 0 radical (unpaired) electrons. The lowest BCUT2D eigenvalue weighted by Crippen LogP contribution is -2.43. The average Bonchev–Trinajstić information content (AvgIpc) is 2.34. The van der Waals surface area contributed by atoms with E-state index in [1.807, 2.05) is 19.9 Å². The van der Waals surface area contributed by atoms with Gasteiger partial charge in [-0.05, 0) is 55.7 Å². The second kappa shape index (κ2) is 5.61. The number of anilines is 1. The van der Waals surface area contributed by atoms with Gasteiger partial charge in [-0.3, -0.25) is 0 Å². The van der Waals surface area contributed by atoms with E-state index in [0.29, 0.717) is 41.1 Å². The Labute approximate surface area is 128 Å². The number of piperidine rings is 1. The van der Waals surface area contributed by atoms with Gasteiger partial charge in [-0.15, -0.1) is 0 Å². The number of sulfonamides is 1. The van der Waals surface area contributed by atoms with Crippen LogP contribution >= 0.6 is 0 Å². The Morgan fingerprint density at radius 2 is 1.62 bits per heavy atom. The third-order valence-electron chi connectivity index (χ3n) is 4.39. The van der Waals surface area contributed by atoms with Crippen LogP contribution in [0.1, 0.15) is 37.0 Å². The van der Waals surface area contributed by atoms with Gasteiger partial charge in [0.1, 0.15) is 0 Å². The Balaban J connectivity index is 2.52. The predicted molar refractivity (Wildman–Crippen MR) is 86.8 cm³/mol. The van der Waals surface area contributed by atoms with E-state index in [-0.39, 0.29) is 0 Å². The summed E-state index contributed by atoms with van der Waals surface area (Å²) in [5, 5.41) is 0. The summed E-state index contributed by atoms with van der Waals surface area (Å²) < 4.78 is 27.7. The smallest absolute Gasteiger partial charge is 0.243 e. The lowest BCUT2D eigenvalue weighted by atomic mass is 9.94. The third kappa shape index (κ3) is 2.94. The van der Waals surface area contributed by atoms with Crippen LogP contribution in [0.15, 0.2) is 11.0 Å². The molecule has 1 heterocycles. The molecule has 1 aromatic rings. The molecule has 1 saturated heterocycles. The number of rotatable bonds is 2. The van der Waals surface area contributed by atoms with Gasteiger partial charge in [0.2, 0.25) is 10.0 Å². The first kappa shape index (κ1) is 16.3. The maximum absolute atomic E-state index is 13.1. The molecule has 2 N–H and O–H groups in total. The molecule has 0 aromatic heterocycles. The summed E-state index contributed by atoms with van der Waals surface area (Å²) in [5.74, 6) is 0.791. The molecule has 0 spiro atoms. The Bertz CT molecular complexity index is 643. The molecule has 0 aliphatic carbocycles. The van der Waals surface area contributed by atoms with Gasteiger partial charge in [0, 0.05) is 18.8 Å². The minimum absolute atomic E-state index is 0.395. The normalized spacial score (nSPS) is 24.2. The number of benzene rings is 1. The van der Waals surface area contributed by atoms with E-state index < -0.39 is 10.0 Å². The van der Waals surface area contributed by atoms with Gasteiger partial charge < -0.3 is 5.73 Å². The molecule has 21 heavy (non-hydrogen) atoms. The number of aryl methyl sites for hydroxylation is 2. The van der Waals surface area contributed by atoms with Gasteiger partial charge in [-0.25, -0.2) is 8.42 Å². The van der Waals surface area contributed by atoms with Crippen molar-refractivity contribution in [2.75, 3.05) is 18.8 Å². The van der Waals surface area contributed by atoms with E-state index in [9.17, 15) is 8.42 Å². The van der Waals surface area contributed by atoms with E-state index in [1.165, 1.54) is 0 Å². The van der Waals surface area contributed by atoms with Crippen molar-refractivity contribution in [1.29, 1.82) is 0 Å². The first-order valence-electron chi connectivity index (χ1n) is 7.51. The summed E-state index contributed by atoms with van der Waals surface area (Å²) in [6.07, 6.45) is 1.08. The third-order valence-corrected chi connectivity index (χ3v) is 6.52. The average molecular weight is 310 g/mol. The van der Waals surface area contributed by atoms with Gasteiger partial charge >= 0.3 is 0 Å². The first-order valence-corrected chi connectivity index (χ1v) is 8.95. The summed E-state index contributed by atoms with van der Waals surface area (Å²) in [5.41, 5.74) is 9.03. The summed E-state index contributed by atoms with van der Waals surface area (Å²) >= 11 is 0. The maximum atomic E-state index is 13.1. The van der Waals surface area contributed by atoms with Gasteiger partial charge in [0.05, 0.1) is 4.90 Å². The van der Waals surface area contributed by atoms with Crippen molar-refractivity contribution < 1.29 is 8.42 Å². The Morgan fingerprint density at radius 3 is 2.14 bits per heavy atom. The molecule has 2 atom stereocenters. The van der Waals surface area contributed by atoms with Gasteiger partial charge in [-0.2, -0.15) is 4.31 Å². The highest BCUT2D eigenvalue weighted by molar-refractivity contribution is 7.89. The second-order valence-corrected chi connectivity index (χ2v) is 8.52. The number of nitrogens with two attached hydrogens (primary N) is 1. The molecular formula is C16H26N2O2S. The fourth-order valence-corrected chi connectivity index (χ4v) is 5.63. The SMILES string of the molecule is Cc1cc(C)c(S(=O)(=O)N2CC(C)CC(C)C2)c(C)c1N. The van der Waals surface area contributed by atoms with Crippen molar-refractivity contribution in [2.24, 2.45) is 11.8 Å². The molecule has 118 valence electrons. The molecule has 0 bridgehead atoms. The topological polar surface area (TPSA) is 63.4 Å². The zero-order valence-corrected chi connectivity index (χ0v) is 14.4. The lowest BCUT2D eigenvalue weighted by molar-refractivity contribution is 0.222. The van der Waals surface area contributed by atoms with Crippen LogP contribution in [0.3, 0.4) is 0 Å². The molecule has 1 aliphatic heterocycles. The molecular weight excluding hydrogens is 284 g/mol. The van der Waals surface area contributed by atoms with Crippen LogP contribution in [-0.2, 0) is 10.0 Å². The largest absolute Gasteiger partial charge is 0.398 e. The van der Waals surface area contributed by atoms with Crippen molar-refractivity contribution in [1.82, 2.24) is 4.31 Å². The summed E-state index contributed by atoms with van der Waals surface area (Å²) in [4.78, 5) is 0.395. The van der Waals surface area contributed by atoms with E-state index in [4.69, 9.17) is 5.73 Å². The molecule has 0 saturated carbocycles. The molecule has 5 heteroatoms. The van der Waals surface area contributed by atoms with Crippen LogP contribution in [0.4, 0.5) is 5.69 Å². The molecule has 1 fully saturated rings. The van der Waals surface area contributed by atoms with Crippen LogP contribution in [0.5, 0.6) is 0 Å². The van der Waals surface area contributed by atoms with Gasteiger partial charge in [-0.1, -0.05) is 19.9 Å². The van der Waals surface area contributed by atoms with Crippen molar-refractivity contribution >= 4 is 15.7 Å². The fraction of sp³-hybridized carbons (Fsp3) is 0.625.